The van der Waals surface area contributed by atoms with Gasteiger partial charge >= 0.3 is 0 Å². The molecule has 220 valence electrons. The van der Waals surface area contributed by atoms with Gasteiger partial charge in [0.1, 0.15) is 6.04 Å². The molecule has 0 bridgehead atoms. The van der Waals surface area contributed by atoms with E-state index in [1.165, 1.54) is 11.9 Å². The summed E-state index contributed by atoms with van der Waals surface area (Å²) in [7, 11) is -2.62. The standard InChI is InChI=1S/C33H36ClN3O4S/c1-4-24(2)35-33(39)31(20-25-11-6-5-7-12-25)37(22-26-13-10-16-29(34)19-26)32(38)23-36(3)42(40,41)30-18-17-27-14-8-9-15-28(27)21-30/h5-19,21,24,31H,4,20,22-23H2,1-3H3,(H,35,39)/t24-,31+/m1/s1. The molecule has 0 radical (unpaired) electrons. The Morgan fingerprint density at radius 1 is 0.857 bits per heavy atom. The van der Waals surface area contributed by atoms with E-state index in [2.05, 4.69) is 5.32 Å². The van der Waals surface area contributed by atoms with Crippen LogP contribution in [0.5, 0.6) is 0 Å². The summed E-state index contributed by atoms with van der Waals surface area (Å²) in [4.78, 5) is 29.3. The van der Waals surface area contributed by atoms with Crippen LogP contribution < -0.4 is 5.32 Å². The summed E-state index contributed by atoms with van der Waals surface area (Å²) in [6.07, 6.45) is 0.981. The van der Waals surface area contributed by atoms with Crippen molar-refractivity contribution in [1.29, 1.82) is 0 Å². The van der Waals surface area contributed by atoms with E-state index in [0.717, 1.165) is 32.6 Å². The molecule has 2 atom stereocenters. The molecule has 1 N–H and O–H groups in total. The number of nitrogens with one attached hydrogen (secondary N) is 1. The quantitative estimate of drug-likeness (QED) is 0.225. The summed E-state index contributed by atoms with van der Waals surface area (Å²) >= 11 is 6.25. The fourth-order valence-electron chi connectivity index (χ4n) is 4.70. The number of carbonyl (C=O) groups excluding carboxylic acids is 2. The fourth-order valence-corrected chi connectivity index (χ4v) is 6.07. The van der Waals surface area contributed by atoms with Crippen LogP contribution in [0.2, 0.25) is 5.02 Å². The molecule has 0 saturated heterocycles. The molecule has 7 nitrogen and oxygen atoms in total. The molecule has 0 aliphatic rings. The number of likely N-dealkylation sites (N-methyl/N-ethyl adjacent to an activating group) is 1. The van der Waals surface area contributed by atoms with E-state index in [-0.39, 0.29) is 29.8 Å². The summed E-state index contributed by atoms with van der Waals surface area (Å²) in [5.41, 5.74) is 1.60. The Hall–Kier alpha value is -3.72. The SMILES string of the molecule is CC[C@@H](C)NC(=O)[C@H](Cc1ccccc1)N(Cc1cccc(Cl)c1)C(=O)CN(C)S(=O)(=O)c1ccc2ccccc2c1. The molecule has 4 rings (SSSR count). The molecule has 2 amide bonds. The van der Waals surface area contributed by atoms with E-state index in [4.69, 9.17) is 11.6 Å². The van der Waals surface area contributed by atoms with Gasteiger partial charge in [0.15, 0.2) is 0 Å². The van der Waals surface area contributed by atoms with E-state index >= 15 is 0 Å². The molecule has 4 aromatic carbocycles. The summed E-state index contributed by atoms with van der Waals surface area (Å²) < 4.78 is 28.2. The van der Waals surface area contributed by atoms with Gasteiger partial charge in [-0.05, 0) is 59.5 Å². The van der Waals surface area contributed by atoms with Crippen LogP contribution in [-0.2, 0) is 32.6 Å². The van der Waals surface area contributed by atoms with E-state index in [9.17, 15) is 18.0 Å². The van der Waals surface area contributed by atoms with Crippen molar-refractivity contribution in [3.63, 3.8) is 0 Å². The minimum Gasteiger partial charge on any atom is -0.352 e. The summed E-state index contributed by atoms with van der Waals surface area (Å²) in [5, 5.41) is 5.22. The molecule has 0 aromatic heterocycles. The first kappa shape index (κ1) is 31.2. The maximum Gasteiger partial charge on any atom is 0.243 e. The predicted molar refractivity (Wildman–Crippen MR) is 168 cm³/mol. The molecule has 0 fully saturated rings. The molecule has 4 aromatic rings. The van der Waals surface area contributed by atoms with Crippen molar-refractivity contribution in [2.45, 2.75) is 50.2 Å². The number of halogens is 1. The van der Waals surface area contributed by atoms with Gasteiger partial charge in [0, 0.05) is 31.1 Å². The van der Waals surface area contributed by atoms with E-state index < -0.39 is 28.5 Å². The Kier molecular flexibility index (Phi) is 10.4. The van der Waals surface area contributed by atoms with Gasteiger partial charge in [-0.1, -0.05) is 91.3 Å². The van der Waals surface area contributed by atoms with Crippen molar-refractivity contribution in [3.8, 4) is 0 Å². The highest BCUT2D eigenvalue weighted by Crippen LogP contribution is 2.23. The maximum atomic E-state index is 14.0. The highest BCUT2D eigenvalue weighted by molar-refractivity contribution is 7.89. The van der Waals surface area contributed by atoms with Crippen LogP contribution in [0.3, 0.4) is 0 Å². The van der Waals surface area contributed by atoms with Crippen molar-refractivity contribution in [3.05, 3.63) is 113 Å². The monoisotopic (exact) mass is 605 g/mol. The third-order valence-corrected chi connectivity index (χ3v) is 9.34. The van der Waals surface area contributed by atoms with Crippen molar-refractivity contribution in [2.24, 2.45) is 0 Å². The summed E-state index contributed by atoms with van der Waals surface area (Å²) in [6.45, 7) is 3.51. The van der Waals surface area contributed by atoms with Crippen LogP contribution in [0.25, 0.3) is 10.8 Å². The Morgan fingerprint density at radius 2 is 1.52 bits per heavy atom. The number of hydrogen-bond donors (Lipinski definition) is 1. The Labute approximate surface area is 253 Å². The number of sulfonamides is 1. The van der Waals surface area contributed by atoms with E-state index in [0.29, 0.717) is 5.02 Å². The molecule has 9 heteroatoms. The van der Waals surface area contributed by atoms with Crippen LogP contribution in [-0.4, -0.2) is 55.1 Å². The lowest BCUT2D eigenvalue weighted by molar-refractivity contribution is -0.141. The Morgan fingerprint density at radius 3 is 2.21 bits per heavy atom. The first-order valence-corrected chi connectivity index (χ1v) is 15.7. The van der Waals surface area contributed by atoms with Crippen LogP contribution in [0, 0.1) is 0 Å². The lowest BCUT2D eigenvalue weighted by atomic mass is 10.0. The van der Waals surface area contributed by atoms with E-state index in [1.807, 2.05) is 74.5 Å². The average Bonchev–Trinajstić information content (AvgIpc) is 2.98. The number of benzene rings is 4. The second-order valence-electron chi connectivity index (χ2n) is 10.4. The van der Waals surface area contributed by atoms with Crippen LogP contribution in [0.1, 0.15) is 31.4 Å². The molecule has 0 aliphatic heterocycles. The van der Waals surface area contributed by atoms with Crippen LogP contribution in [0.15, 0.2) is 102 Å². The molecule has 0 saturated carbocycles. The zero-order valence-corrected chi connectivity index (χ0v) is 25.6. The van der Waals surface area contributed by atoms with Gasteiger partial charge in [-0.2, -0.15) is 4.31 Å². The molecule has 0 unspecified atom stereocenters. The van der Waals surface area contributed by atoms with Crippen molar-refractivity contribution >= 4 is 44.2 Å². The molecule has 42 heavy (non-hydrogen) atoms. The van der Waals surface area contributed by atoms with Crippen LogP contribution in [0.4, 0.5) is 0 Å². The average molecular weight is 606 g/mol. The third-order valence-electron chi connectivity index (χ3n) is 7.30. The summed E-state index contributed by atoms with van der Waals surface area (Å²) in [6, 6.07) is 27.9. The smallest absolute Gasteiger partial charge is 0.243 e. The van der Waals surface area contributed by atoms with Crippen molar-refractivity contribution in [1.82, 2.24) is 14.5 Å². The van der Waals surface area contributed by atoms with Gasteiger partial charge in [-0.3, -0.25) is 9.59 Å². The second kappa shape index (κ2) is 14.0. The number of nitrogens with zero attached hydrogens (tertiary/aromatic N) is 2. The molecule has 0 spiro atoms. The zero-order valence-electron chi connectivity index (χ0n) is 24.0. The molecule has 0 aliphatic carbocycles. The Bertz CT molecular complexity index is 1650. The van der Waals surface area contributed by atoms with Gasteiger partial charge in [0.25, 0.3) is 0 Å². The topological polar surface area (TPSA) is 86.8 Å². The summed E-state index contributed by atoms with van der Waals surface area (Å²) in [5.74, 6) is -0.800. The maximum absolute atomic E-state index is 14.0. The normalized spacial score (nSPS) is 13.1. The molecular formula is C33H36ClN3O4S. The fraction of sp³-hybridized carbons (Fsp3) is 0.273. The number of amides is 2. The van der Waals surface area contributed by atoms with E-state index in [1.54, 1.807) is 36.4 Å². The van der Waals surface area contributed by atoms with Crippen molar-refractivity contribution in [2.75, 3.05) is 13.6 Å². The number of fused-ring (bicyclic) bond motifs is 1. The number of carbonyl (C=O) groups is 2. The van der Waals surface area contributed by atoms with Gasteiger partial charge in [0.05, 0.1) is 11.4 Å². The molecular weight excluding hydrogens is 570 g/mol. The highest BCUT2D eigenvalue weighted by atomic mass is 35.5. The van der Waals surface area contributed by atoms with Crippen LogP contribution >= 0.6 is 11.6 Å². The number of rotatable bonds is 12. The lowest BCUT2D eigenvalue weighted by Crippen LogP contribution is -2.54. The van der Waals surface area contributed by atoms with Gasteiger partial charge < -0.3 is 10.2 Å². The molecule has 0 heterocycles. The highest BCUT2D eigenvalue weighted by Gasteiger charge is 2.33. The minimum absolute atomic E-state index is 0.0781. The minimum atomic E-state index is -4.00. The number of hydrogen-bond acceptors (Lipinski definition) is 4. The largest absolute Gasteiger partial charge is 0.352 e. The van der Waals surface area contributed by atoms with Gasteiger partial charge in [-0.25, -0.2) is 8.42 Å². The van der Waals surface area contributed by atoms with Crippen molar-refractivity contribution < 1.29 is 18.0 Å². The first-order chi connectivity index (χ1) is 20.1. The first-order valence-electron chi connectivity index (χ1n) is 13.9. The Balaban J connectivity index is 1.68. The second-order valence-corrected chi connectivity index (χ2v) is 12.9. The van der Waals surface area contributed by atoms with Gasteiger partial charge in [0.2, 0.25) is 21.8 Å². The zero-order chi connectivity index (χ0) is 30.3. The lowest BCUT2D eigenvalue weighted by Gasteiger charge is -2.33. The third kappa shape index (κ3) is 7.76. The van der Waals surface area contributed by atoms with Gasteiger partial charge in [-0.15, -0.1) is 0 Å². The predicted octanol–water partition coefficient (Wildman–Crippen LogP) is 5.67.